The van der Waals surface area contributed by atoms with Crippen molar-refractivity contribution in [3.05, 3.63) is 0 Å². The first-order valence-electron chi connectivity index (χ1n) is 6.17. The molecule has 0 saturated heterocycles. The Bertz CT molecular complexity index is 218. The van der Waals surface area contributed by atoms with Crippen molar-refractivity contribution in [3.63, 3.8) is 0 Å². The first-order valence-corrected chi connectivity index (χ1v) is 6.17. The van der Waals surface area contributed by atoms with Crippen molar-refractivity contribution in [1.82, 2.24) is 4.90 Å². The number of nitrogens with two attached hydrogens (primary N) is 1. The Balaban J connectivity index is 2.42. The molecule has 0 spiro atoms. The van der Waals surface area contributed by atoms with Crippen LogP contribution in [0.1, 0.15) is 46.0 Å². The summed E-state index contributed by atoms with van der Waals surface area (Å²) in [6.45, 7) is 6.26. The average molecular weight is 208 g/mol. The zero-order valence-corrected chi connectivity index (χ0v) is 10.1. The zero-order valence-electron chi connectivity index (χ0n) is 10.1. The minimum absolute atomic E-state index is 0.446. The number of hydrogen-bond donors (Lipinski definition) is 1. The van der Waals surface area contributed by atoms with Gasteiger partial charge in [0.05, 0.1) is 6.54 Å². The molecule has 1 fully saturated rings. The van der Waals surface area contributed by atoms with Crippen molar-refractivity contribution in [1.29, 1.82) is 0 Å². The summed E-state index contributed by atoms with van der Waals surface area (Å²) in [5, 5.41) is 0. The van der Waals surface area contributed by atoms with Gasteiger partial charge in [-0.2, -0.15) is 0 Å². The quantitative estimate of drug-likeness (QED) is 0.716. The number of nitrogens with zero attached hydrogens (tertiary/aromatic N) is 1. The van der Waals surface area contributed by atoms with Gasteiger partial charge in [-0.25, -0.2) is 0 Å². The molecule has 2 N–H and O–H groups in total. The molecule has 2 nitrogen and oxygen atoms in total. The summed E-state index contributed by atoms with van der Waals surface area (Å²) in [6.07, 6.45) is 6.10. The predicted octanol–water partition coefficient (Wildman–Crippen LogP) is 1.99. The highest BCUT2D eigenvalue weighted by molar-refractivity contribution is 4.99. The Labute approximate surface area is 94.2 Å². The molecule has 0 aliphatic heterocycles. The Morgan fingerprint density at radius 3 is 2.47 bits per heavy atom. The first kappa shape index (κ1) is 12.5. The highest BCUT2D eigenvalue weighted by atomic mass is 15.1. The van der Waals surface area contributed by atoms with E-state index in [1.807, 2.05) is 6.92 Å². The van der Waals surface area contributed by atoms with Crippen molar-refractivity contribution in [2.75, 3.05) is 13.1 Å². The third-order valence-corrected chi connectivity index (χ3v) is 3.23. The molecule has 0 aromatic carbocycles. The molecular weight excluding hydrogens is 184 g/mol. The molecule has 2 heteroatoms. The minimum Gasteiger partial charge on any atom is -0.328 e. The van der Waals surface area contributed by atoms with E-state index in [2.05, 4.69) is 23.7 Å². The van der Waals surface area contributed by atoms with Crippen LogP contribution in [0.4, 0.5) is 0 Å². The van der Waals surface area contributed by atoms with E-state index >= 15 is 0 Å². The fourth-order valence-electron chi connectivity index (χ4n) is 2.33. The van der Waals surface area contributed by atoms with Crippen molar-refractivity contribution >= 4 is 0 Å². The summed E-state index contributed by atoms with van der Waals surface area (Å²) >= 11 is 0. The van der Waals surface area contributed by atoms with Crippen LogP contribution < -0.4 is 5.73 Å². The fraction of sp³-hybridized carbons (Fsp3) is 0.846. The molecule has 86 valence electrons. The Kier molecular flexibility index (Phi) is 5.75. The lowest BCUT2D eigenvalue weighted by molar-refractivity contribution is 0.167. The van der Waals surface area contributed by atoms with Gasteiger partial charge in [0.15, 0.2) is 0 Å². The standard InChI is InChI=1S/C13H24N2/c1-3-5-11-15(10-4-2)13-8-6-12(14)7-9-13/h12-13H,4,6-11,14H2,1-2H3. The molecule has 0 aromatic rings. The topological polar surface area (TPSA) is 29.3 Å². The third kappa shape index (κ3) is 4.24. The molecule has 0 atom stereocenters. The van der Waals surface area contributed by atoms with Gasteiger partial charge in [0.25, 0.3) is 0 Å². The van der Waals surface area contributed by atoms with Gasteiger partial charge in [0, 0.05) is 12.1 Å². The summed E-state index contributed by atoms with van der Waals surface area (Å²) < 4.78 is 0. The lowest BCUT2D eigenvalue weighted by atomic mass is 9.90. The molecule has 1 aliphatic carbocycles. The molecule has 0 amide bonds. The lowest BCUT2D eigenvalue weighted by Gasteiger charge is -2.34. The van der Waals surface area contributed by atoms with Gasteiger partial charge in [-0.1, -0.05) is 12.8 Å². The molecule has 1 saturated carbocycles. The molecule has 0 radical (unpaired) electrons. The summed E-state index contributed by atoms with van der Waals surface area (Å²) in [5.74, 6) is 6.17. The molecular formula is C13H24N2. The zero-order chi connectivity index (χ0) is 11.1. The minimum atomic E-state index is 0.446. The fourth-order valence-corrected chi connectivity index (χ4v) is 2.33. The first-order chi connectivity index (χ1) is 7.27. The maximum Gasteiger partial charge on any atom is 0.0603 e. The maximum atomic E-state index is 5.92. The average Bonchev–Trinajstić information content (AvgIpc) is 2.25. The van der Waals surface area contributed by atoms with E-state index < -0.39 is 0 Å². The Hall–Kier alpha value is -0.520. The molecule has 0 bridgehead atoms. The van der Waals surface area contributed by atoms with Crippen LogP contribution in [0.2, 0.25) is 0 Å². The van der Waals surface area contributed by atoms with Crippen LogP contribution >= 0.6 is 0 Å². The summed E-state index contributed by atoms with van der Waals surface area (Å²) in [6, 6.07) is 1.17. The molecule has 15 heavy (non-hydrogen) atoms. The van der Waals surface area contributed by atoms with Gasteiger partial charge in [-0.05, 0) is 45.6 Å². The van der Waals surface area contributed by atoms with Crippen LogP contribution in [0.5, 0.6) is 0 Å². The number of rotatable bonds is 4. The largest absolute Gasteiger partial charge is 0.328 e. The van der Waals surface area contributed by atoms with Crippen LogP contribution in [0.3, 0.4) is 0 Å². The van der Waals surface area contributed by atoms with Crippen molar-refractivity contribution in [2.45, 2.75) is 58.0 Å². The van der Waals surface area contributed by atoms with Crippen molar-refractivity contribution in [2.24, 2.45) is 5.73 Å². The molecule has 1 aliphatic rings. The van der Waals surface area contributed by atoms with Gasteiger partial charge in [-0.3, -0.25) is 4.90 Å². The van der Waals surface area contributed by atoms with Crippen LogP contribution in [-0.2, 0) is 0 Å². The maximum absolute atomic E-state index is 5.92. The van der Waals surface area contributed by atoms with Crippen LogP contribution in [-0.4, -0.2) is 30.1 Å². The van der Waals surface area contributed by atoms with E-state index in [9.17, 15) is 0 Å². The van der Waals surface area contributed by atoms with Crippen molar-refractivity contribution in [3.8, 4) is 11.8 Å². The highest BCUT2D eigenvalue weighted by Crippen LogP contribution is 2.21. The smallest absolute Gasteiger partial charge is 0.0603 e. The van der Waals surface area contributed by atoms with Crippen molar-refractivity contribution < 1.29 is 0 Å². The normalized spacial score (nSPS) is 26.1. The van der Waals surface area contributed by atoms with Gasteiger partial charge < -0.3 is 5.73 Å². The van der Waals surface area contributed by atoms with E-state index in [1.54, 1.807) is 0 Å². The monoisotopic (exact) mass is 208 g/mol. The Morgan fingerprint density at radius 1 is 1.27 bits per heavy atom. The SMILES string of the molecule is CC#CCN(CCC)C1CCC(N)CC1. The van der Waals surface area contributed by atoms with Gasteiger partial charge in [0.1, 0.15) is 0 Å². The van der Waals surface area contributed by atoms with Gasteiger partial charge in [0.2, 0.25) is 0 Å². The summed E-state index contributed by atoms with van der Waals surface area (Å²) in [4.78, 5) is 2.53. The van der Waals surface area contributed by atoms with E-state index in [4.69, 9.17) is 5.73 Å². The predicted molar refractivity (Wildman–Crippen MR) is 65.5 cm³/mol. The van der Waals surface area contributed by atoms with E-state index in [0.29, 0.717) is 6.04 Å². The van der Waals surface area contributed by atoms with E-state index in [1.165, 1.54) is 38.6 Å². The second kappa shape index (κ2) is 6.87. The summed E-state index contributed by atoms with van der Waals surface area (Å²) in [5.41, 5.74) is 5.92. The number of hydrogen-bond acceptors (Lipinski definition) is 2. The molecule has 0 heterocycles. The molecule has 0 aromatic heterocycles. The highest BCUT2D eigenvalue weighted by Gasteiger charge is 2.22. The second-order valence-electron chi connectivity index (χ2n) is 4.47. The van der Waals surface area contributed by atoms with E-state index in [-0.39, 0.29) is 0 Å². The Morgan fingerprint density at radius 2 is 1.93 bits per heavy atom. The van der Waals surface area contributed by atoms with Crippen LogP contribution in [0.25, 0.3) is 0 Å². The van der Waals surface area contributed by atoms with E-state index in [0.717, 1.165) is 12.6 Å². The second-order valence-corrected chi connectivity index (χ2v) is 4.47. The molecule has 0 unspecified atom stereocenters. The third-order valence-electron chi connectivity index (χ3n) is 3.23. The van der Waals surface area contributed by atoms with Gasteiger partial charge >= 0.3 is 0 Å². The van der Waals surface area contributed by atoms with Crippen LogP contribution in [0.15, 0.2) is 0 Å². The molecule has 1 rings (SSSR count). The van der Waals surface area contributed by atoms with Crippen LogP contribution in [0, 0.1) is 11.8 Å². The summed E-state index contributed by atoms with van der Waals surface area (Å²) in [7, 11) is 0. The lowest BCUT2D eigenvalue weighted by Crippen LogP contribution is -2.41. The van der Waals surface area contributed by atoms with Gasteiger partial charge in [-0.15, -0.1) is 5.92 Å².